The van der Waals surface area contributed by atoms with Crippen molar-refractivity contribution in [2.24, 2.45) is 5.92 Å². The fourth-order valence-electron chi connectivity index (χ4n) is 5.85. The first-order chi connectivity index (χ1) is 20.5. The minimum atomic E-state index is -1.26. The quantitative estimate of drug-likeness (QED) is 0.266. The number of benzene rings is 2. The summed E-state index contributed by atoms with van der Waals surface area (Å²) in [6.45, 7) is 0. The molecule has 2 aromatic carbocycles. The molecule has 6 rings (SSSR count). The lowest BCUT2D eigenvalue weighted by Gasteiger charge is -2.50. The molecule has 2 saturated heterocycles. The van der Waals surface area contributed by atoms with Gasteiger partial charge in [0, 0.05) is 30.5 Å². The maximum absolute atomic E-state index is 13.7. The van der Waals surface area contributed by atoms with Crippen LogP contribution in [0.1, 0.15) is 52.0 Å². The van der Waals surface area contributed by atoms with Crippen LogP contribution in [0.4, 0.5) is 5.69 Å². The number of carbonyl (C=O) groups is 4. The van der Waals surface area contributed by atoms with Gasteiger partial charge in [0.05, 0.1) is 31.2 Å². The van der Waals surface area contributed by atoms with Gasteiger partial charge in [-0.05, 0) is 61.4 Å². The molecule has 0 radical (unpaired) electrons. The molecule has 2 unspecified atom stereocenters. The molecule has 9 nitrogen and oxygen atoms in total. The first kappa shape index (κ1) is 31.1. The zero-order valence-corrected chi connectivity index (χ0v) is 25.6. The number of carboxylic acids is 1. The second-order valence-corrected chi connectivity index (χ2v) is 12.2. The third-order valence-electron chi connectivity index (χ3n) is 7.91. The highest BCUT2D eigenvalue weighted by Gasteiger charge is 2.48. The predicted molar refractivity (Wildman–Crippen MR) is 164 cm³/mol. The maximum atomic E-state index is 13.7. The van der Waals surface area contributed by atoms with Crippen LogP contribution in [0, 0.1) is 5.92 Å². The summed E-state index contributed by atoms with van der Waals surface area (Å²) in [5.74, 6) is -2.84. The second-order valence-electron chi connectivity index (χ2n) is 10.6. The number of fused-ring (bicyclic) bond motifs is 3. The zero-order valence-electron chi connectivity index (χ0n) is 22.5. The lowest BCUT2D eigenvalue weighted by atomic mass is 9.74. The van der Waals surface area contributed by atoms with Gasteiger partial charge in [0.2, 0.25) is 5.91 Å². The monoisotopic (exact) mass is 662 g/mol. The van der Waals surface area contributed by atoms with Gasteiger partial charge in [-0.3, -0.25) is 19.4 Å². The van der Waals surface area contributed by atoms with E-state index in [0.29, 0.717) is 11.3 Å². The molecule has 43 heavy (non-hydrogen) atoms. The number of nitrogens with one attached hydrogen (secondary N) is 2. The molecular weight excluding hydrogens is 638 g/mol. The van der Waals surface area contributed by atoms with Crippen molar-refractivity contribution in [2.45, 2.75) is 50.2 Å². The summed E-state index contributed by atoms with van der Waals surface area (Å²) in [5, 5.41) is 15.9. The molecule has 3 aliphatic rings. The SMILES string of the molecule is O=C(Nc1ccc(CC(NC(=O)C2C3CCC(CC3)N2C(=O)c2c(Cl)cccc2Cl)C(=O)O)cc1)c1c(Cl)cncc1Cl. The number of hydrogen-bond acceptors (Lipinski definition) is 5. The van der Waals surface area contributed by atoms with Crippen molar-refractivity contribution in [3.8, 4) is 0 Å². The van der Waals surface area contributed by atoms with Gasteiger partial charge in [0.1, 0.15) is 12.1 Å². The maximum Gasteiger partial charge on any atom is 0.326 e. The van der Waals surface area contributed by atoms with E-state index in [0.717, 1.165) is 25.7 Å². The number of anilines is 1. The Kier molecular flexibility index (Phi) is 9.46. The van der Waals surface area contributed by atoms with Gasteiger partial charge in [0.15, 0.2) is 0 Å². The molecule has 0 spiro atoms. The van der Waals surface area contributed by atoms with E-state index in [1.807, 2.05) is 0 Å². The Bertz CT molecular complexity index is 1540. The molecule has 3 aromatic rings. The van der Waals surface area contributed by atoms with Crippen LogP contribution in [0.3, 0.4) is 0 Å². The predicted octanol–water partition coefficient (Wildman–Crippen LogP) is 6.14. The van der Waals surface area contributed by atoms with Crippen molar-refractivity contribution in [3.05, 3.63) is 91.6 Å². The van der Waals surface area contributed by atoms with Gasteiger partial charge in [-0.1, -0.05) is 64.6 Å². The standard InChI is InChI=1S/C30H26Cl4N4O5/c31-19-2-1-3-20(32)25(19)29(41)38-18-10-6-16(7-11-18)26(38)28(40)37-23(30(42)43)12-15-4-8-17(9-5-15)36-27(39)24-21(33)13-35-14-22(24)34/h1-5,8-9,13-14,16,18,23,26H,6-7,10-12H2,(H,36,39)(H,37,40)(H,42,43). The van der Waals surface area contributed by atoms with Crippen LogP contribution >= 0.6 is 46.4 Å². The van der Waals surface area contributed by atoms with Gasteiger partial charge in [-0.2, -0.15) is 0 Å². The van der Waals surface area contributed by atoms with Gasteiger partial charge in [-0.15, -0.1) is 0 Å². The van der Waals surface area contributed by atoms with Crippen molar-refractivity contribution >= 4 is 75.8 Å². The third-order valence-corrected chi connectivity index (χ3v) is 9.11. The molecule has 3 fully saturated rings. The Balaban J connectivity index is 1.30. The van der Waals surface area contributed by atoms with Crippen molar-refractivity contribution in [1.29, 1.82) is 0 Å². The Hall–Kier alpha value is -3.37. The summed E-state index contributed by atoms with van der Waals surface area (Å²) in [5.41, 5.74) is 1.24. The van der Waals surface area contributed by atoms with E-state index in [9.17, 15) is 24.3 Å². The normalized spacial score (nSPS) is 19.9. The van der Waals surface area contributed by atoms with E-state index in [1.165, 1.54) is 17.3 Å². The molecule has 1 saturated carbocycles. The minimum Gasteiger partial charge on any atom is -0.480 e. The molecule has 3 amide bonds. The second kappa shape index (κ2) is 13.1. The van der Waals surface area contributed by atoms with Crippen molar-refractivity contribution in [2.75, 3.05) is 5.32 Å². The molecule has 2 bridgehead atoms. The highest BCUT2D eigenvalue weighted by molar-refractivity contribution is 6.40. The largest absolute Gasteiger partial charge is 0.480 e. The van der Waals surface area contributed by atoms with Crippen molar-refractivity contribution < 1.29 is 24.3 Å². The van der Waals surface area contributed by atoms with E-state index >= 15 is 0 Å². The first-order valence-corrected chi connectivity index (χ1v) is 15.1. The Morgan fingerprint density at radius 2 is 1.47 bits per heavy atom. The van der Waals surface area contributed by atoms with Gasteiger partial charge < -0.3 is 20.6 Å². The molecule has 224 valence electrons. The molecule has 1 aliphatic carbocycles. The molecule has 1 aromatic heterocycles. The van der Waals surface area contributed by atoms with E-state index in [-0.39, 0.29) is 49.6 Å². The van der Waals surface area contributed by atoms with E-state index < -0.39 is 35.8 Å². The fraction of sp³-hybridized carbons (Fsp3) is 0.300. The van der Waals surface area contributed by atoms with Crippen LogP contribution in [-0.4, -0.2) is 56.8 Å². The van der Waals surface area contributed by atoms with Crippen molar-refractivity contribution in [1.82, 2.24) is 15.2 Å². The minimum absolute atomic E-state index is 0.0254. The fourth-order valence-corrected chi connectivity index (χ4v) is 6.95. The smallest absolute Gasteiger partial charge is 0.326 e. The van der Waals surface area contributed by atoms with Gasteiger partial charge in [-0.25, -0.2) is 4.79 Å². The zero-order chi connectivity index (χ0) is 30.8. The van der Waals surface area contributed by atoms with Gasteiger partial charge >= 0.3 is 5.97 Å². The molecule has 2 aliphatic heterocycles. The summed E-state index contributed by atoms with van der Waals surface area (Å²) in [4.78, 5) is 57.6. The number of carboxylic acid groups (broad SMARTS) is 1. The van der Waals surface area contributed by atoms with Crippen LogP contribution in [0.25, 0.3) is 0 Å². The number of carbonyl (C=O) groups excluding carboxylic acids is 3. The van der Waals surface area contributed by atoms with Crippen LogP contribution in [0.2, 0.25) is 20.1 Å². The van der Waals surface area contributed by atoms with Crippen LogP contribution in [-0.2, 0) is 16.0 Å². The number of nitrogens with zero attached hydrogens (tertiary/aromatic N) is 2. The molecular formula is C30H26Cl4N4O5. The molecule has 3 heterocycles. The molecule has 3 N–H and O–H groups in total. The summed E-state index contributed by atoms with van der Waals surface area (Å²) < 4.78 is 0. The number of piperidine rings is 2. The number of rotatable bonds is 8. The number of aromatic nitrogens is 1. The number of hydrogen-bond donors (Lipinski definition) is 3. The van der Waals surface area contributed by atoms with Crippen LogP contribution in [0.5, 0.6) is 0 Å². The third kappa shape index (κ3) is 6.60. The lowest BCUT2D eigenvalue weighted by molar-refractivity contribution is -0.144. The van der Waals surface area contributed by atoms with E-state index in [1.54, 1.807) is 42.5 Å². The summed E-state index contributed by atoms with van der Waals surface area (Å²) >= 11 is 24.8. The van der Waals surface area contributed by atoms with E-state index in [2.05, 4.69) is 15.6 Å². The average molecular weight is 664 g/mol. The highest BCUT2D eigenvalue weighted by Crippen LogP contribution is 2.42. The van der Waals surface area contributed by atoms with Crippen LogP contribution < -0.4 is 10.6 Å². The van der Waals surface area contributed by atoms with Crippen molar-refractivity contribution in [3.63, 3.8) is 0 Å². The van der Waals surface area contributed by atoms with Gasteiger partial charge in [0.25, 0.3) is 11.8 Å². The number of amides is 3. The average Bonchev–Trinajstić information content (AvgIpc) is 2.97. The van der Waals surface area contributed by atoms with Crippen LogP contribution in [0.15, 0.2) is 54.9 Å². The number of pyridine rings is 1. The number of aliphatic carboxylic acids is 1. The lowest BCUT2D eigenvalue weighted by Crippen LogP contribution is -2.64. The Morgan fingerprint density at radius 3 is 2.05 bits per heavy atom. The molecule has 2 atom stereocenters. The Labute approximate surface area is 267 Å². The summed E-state index contributed by atoms with van der Waals surface area (Å²) in [6.07, 6.45) is 5.59. The van der Waals surface area contributed by atoms with E-state index in [4.69, 9.17) is 46.4 Å². The number of halogens is 4. The highest BCUT2D eigenvalue weighted by atomic mass is 35.5. The first-order valence-electron chi connectivity index (χ1n) is 13.5. The Morgan fingerprint density at radius 1 is 0.860 bits per heavy atom. The molecule has 13 heteroatoms. The summed E-state index contributed by atoms with van der Waals surface area (Å²) in [6, 6.07) is 8.98. The topological polar surface area (TPSA) is 129 Å². The summed E-state index contributed by atoms with van der Waals surface area (Å²) in [7, 11) is 0.